The monoisotopic (exact) mass is 493 g/mol. The third kappa shape index (κ3) is 5.07. The van der Waals surface area contributed by atoms with Crippen molar-refractivity contribution in [1.29, 1.82) is 0 Å². The van der Waals surface area contributed by atoms with Crippen LogP contribution in [0.1, 0.15) is 23.7 Å². The lowest BCUT2D eigenvalue weighted by molar-refractivity contribution is 0.0376. The van der Waals surface area contributed by atoms with Gasteiger partial charge in [-0.2, -0.15) is 0 Å². The van der Waals surface area contributed by atoms with Gasteiger partial charge >= 0.3 is 0 Å². The number of amides is 1. The summed E-state index contributed by atoms with van der Waals surface area (Å²) < 4.78 is 17.6. The second-order valence-corrected chi connectivity index (χ2v) is 9.31. The minimum absolute atomic E-state index is 0.00401. The number of carbonyl (C=O) groups is 1. The first-order chi connectivity index (χ1) is 17.1. The maximum Gasteiger partial charge on any atom is 0.267 e. The van der Waals surface area contributed by atoms with Crippen LogP contribution in [0.25, 0.3) is 21.2 Å². The van der Waals surface area contributed by atoms with Gasteiger partial charge < -0.3 is 13.9 Å². The number of para-hydroxylation sites is 1. The van der Waals surface area contributed by atoms with Crippen molar-refractivity contribution in [1.82, 2.24) is 9.88 Å². The summed E-state index contributed by atoms with van der Waals surface area (Å²) in [5, 5.41) is 0.936. The van der Waals surface area contributed by atoms with Gasteiger partial charge in [0, 0.05) is 26.2 Å². The summed E-state index contributed by atoms with van der Waals surface area (Å²) in [6.45, 7) is 6.97. The number of thiazole rings is 1. The van der Waals surface area contributed by atoms with E-state index in [4.69, 9.17) is 18.9 Å². The van der Waals surface area contributed by atoms with Crippen LogP contribution in [0.2, 0.25) is 0 Å². The van der Waals surface area contributed by atoms with E-state index in [1.54, 1.807) is 29.2 Å². The Kier molecular flexibility index (Phi) is 7.08. The molecule has 0 spiro atoms. The maximum atomic E-state index is 13.7. The van der Waals surface area contributed by atoms with Gasteiger partial charge in [0.2, 0.25) is 5.43 Å². The lowest BCUT2D eigenvalue weighted by atomic mass is 10.1. The van der Waals surface area contributed by atoms with Crippen LogP contribution in [0.5, 0.6) is 5.75 Å². The number of hydrogen-bond acceptors (Lipinski definition) is 8. The lowest BCUT2D eigenvalue weighted by Gasteiger charge is -2.27. The molecule has 2 aromatic carbocycles. The largest absolute Gasteiger partial charge is 0.494 e. The van der Waals surface area contributed by atoms with E-state index in [1.165, 1.54) is 17.6 Å². The topological polar surface area (TPSA) is 85.1 Å². The Morgan fingerprint density at radius 2 is 2.03 bits per heavy atom. The highest BCUT2D eigenvalue weighted by atomic mass is 32.1. The fourth-order valence-electron chi connectivity index (χ4n) is 4.20. The number of anilines is 1. The highest BCUT2D eigenvalue weighted by Crippen LogP contribution is 2.32. The van der Waals surface area contributed by atoms with Gasteiger partial charge in [0.1, 0.15) is 23.2 Å². The van der Waals surface area contributed by atoms with Crippen molar-refractivity contribution < 1.29 is 18.7 Å². The Morgan fingerprint density at radius 3 is 2.86 bits per heavy atom. The van der Waals surface area contributed by atoms with E-state index < -0.39 is 5.91 Å². The molecule has 0 saturated carbocycles. The van der Waals surface area contributed by atoms with E-state index in [0.29, 0.717) is 29.3 Å². The van der Waals surface area contributed by atoms with Crippen LogP contribution in [-0.2, 0) is 4.74 Å². The van der Waals surface area contributed by atoms with Crippen molar-refractivity contribution in [2.45, 2.75) is 13.3 Å². The molecule has 0 unspecified atom stereocenters. The van der Waals surface area contributed by atoms with Crippen LogP contribution in [0.3, 0.4) is 0 Å². The van der Waals surface area contributed by atoms with E-state index in [-0.39, 0.29) is 11.0 Å². The fourth-order valence-corrected chi connectivity index (χ4v) is 5.22. The van der Waals surface area contributed by atoms with Gasteiger partial charge in [0.25, 0.3) is 5.91 Å². The Morgan fingerprint density at radius 1 is 1.20 bits per heavy atom. The maximum absolute atomic E-state index is 13.7. The van der Waals surface area contributed by atoms with E-state index >= 15 is 0 Å². The number of aromatic nitrogens is 1. The van der Waals surface area contributed by atoms with Crippen molar-refractivity contribution in [3.05, 3.63) is 64.5 Å². The summed E-state index contributed by atoms with van der Waals surface area (Å²) in [7, 11) is 0. The van der Waals surface area contributed by atoms with Crippen molar-refractivity contribution in [3.8, 4) is 5.75 Å². The smallest absolute Gasteiger partial charge is 0.267 e. The lowest BCUT2D eigenvalue weighted by Crippen LogP contribution is -2.40. The third-order valence-electron chi connectivity index (χ3n) is 6.01. The van der Waals surface area contributed by atoms with Gasteiger partial charge in [-0.05, 0) is 43.7 Å². The first-order valence-corrected chi connectivity index (χ1v) is 12.6. The number of benzene rings is 2. The molecule has 4 aromatic rings. The second kappa shape index (κ2) is 10.6. The minimum atomic E-state index is -0.407. The number of ether oxygens (including phenoxy) is 2. The average molecular weight is 494 g/mol. The van der Waals surface area contributed by atoms with Crippen LogP contribution in [-0.4, -0.2) is 61.8 Å². The molecular weight excluding hydrogens is 466 g/mol. The molecule has 8 nitrogen and oxygen atoms in total. The second-order valence-electron chi connectivity index (χ2n) is 8.30. The van der Waals surface area contributed by atoms with E-state index in [0.717, 1.165) is 55.2 Å². The number of nitrogens with zero attached hydrogens (tertiary/aromatic N) is 3. The van der Waals surface area contributed by atoms with Crippen molar-refractivity contribution in [3.63, 3.8) is 0 Å². The Bertz CT molecular complexity index is 1390. The summed E-state index contributed by atoms with van der Waals surface area (Å²) >= 11 is 1.41. The van der Waals surface area contributed by atoms with Crippen LogP contribution in [0.15, 0.2) is 57.9 Å². The van der Waals surface area contributed by atoms with Gasteiger partial charge in [-0.1, -0.05) is 23.5 Å². The van der Waals surface area contributed by atoms with Gasteiger partial charge in [-0.3, -0.25) is 19.4 Å². The fraction of sp³-hybridized carbons (Fsp3) is 0.346. The summed E-state index contributed by atoms with van der Waals surface area (Å²) in [5.74, 6) is 0.353. The summed E-state index contributed by atoms with van der Waals surface area (Å²) in [6.07, 6.45) is 2.01. The summed E-state index contributed by atoms with van der Waals surface area (Å²) in [6, 6.07) is 12.6. The van der Waals surface area contributed by atoms with Crippen LogP contribution >= 0.6 is 11.3 Å². The summed E-state index contributed by atoms with van der Waals surface area (Å²) in [5.41, 5.74) is 0.903. The van der Waals surface area contributed by atoms with Gasteiger partial charge in [0.05, 0.1) is 35.4 Å². The molecule has 0 N–H and O–H groups in total. The van der Waals surface area contributed by atoms with Gasteiger partial charge in [0.15, 0.2) is 5.13 Å². The number of morpholine rings is 1. The Balaban J connectivity index is 1.47. The molecule has 5 rings (SSSR count). The highest BCUT2D eigenvalue weighted by molar-refractivity contribution is 7.22. The van der Waals surface area contributed by atoms with Crippen molar-refractivity contribution >= 4 is 43.6 Å². The minimum Gasteiger partial charge on any atom is -0.494 e. The van der Waals surface area contributed by atoms with Crippen molar-refractivity contribution in [2.24, 2.45) is 0 Å². The van der Waals surface area contributed by atoms with Crippen LogP contribution in [0, 0.1) is 0 Å². The Labute approximate surface area is 206 Å². The normalized spacial score (nSPS) is 14.4. The molecule has 1 amide bonds. The molecule has 1 saturated heterocycles. The predicted molar refractivity (Wildman–Crippen MR) is 137 cm³/mol. The zero-order valence-electron chi connectivity index (χ0n) is 19.6. The molecule has 182 valence electrons. The molecular formula is C26H27N3O5S. The molecule has 0 bridgehead atoms. The molecule has 1 fully saturated rings. The Hall–Kier alpha value is -3.27. The van der Waals surface area contributed by atoms with Crippen LogP contribution in [0.4, 0.5) is 5.13 Å². The zero-order chi connectivity index (χ0) is 24.2. The molecule has 0 atom stereocenters. The molecule has 0 aliphatic carbocycles. The van der Waals surface area contributed by atoms with Crippen molar-refractivity contribution in [2.75, 3.05) is 50.9 Å². The standard InChI is InChI=1S/C26H27N3O5S/c1-2-33-18-8-9-21-23(16-18)35-26(27-21)29(11-5-10-28-12-14-32-15-13-28)25(31)20-17-34-22-7-4-3-6-19(22)24(20)30/h3-4,6-9,16-17H,2,5,10-15H2,1H3. The number of carbonyl (C=O) groups excluding carboxylic acids is 1. The first kappa shape index (κ1) is 23.5. The predicted octanol–water partition coefficient (Wildman–Crippen LogP) is 4.17. The molecule has 0 radical (unpaired) electrons. The number of fused-ring (bicyclic) bond motifs is 2. The molecule has 1 aliphatic heterocycles. The molecule has 35 heavy (non-hydrogen) atoms. The third-order valence-corrected chi connectivity index (χ3v) is 7.05. The van der Waals surface area contributed by atoms with E-state index in [1.807, 2.05) is 25.1 Å². The van der Waals surface area contributed by atoms with Crippen LogP contribution < -0.4 is 15.1 Å². The number of hydrogen-bond donors (Lipinski definition) is 0. The molecule has 9 heteroatoms. The van der Waals surface area contributed by atoms with E-state index in [2.05, 4.69) is 4.90 Å². The zero-order valence-corrected chi connectivity index (χ0v) is 20.4. The summed E-state index contributed by atoms with van der Waals surface area (Å²) in [4.78, 5) is 35.5. The first-order valence-electron chi connectivity index (χ1n) is 11.8. The molecule has 3 heterocycles. The van der Waals surface area contributed by atoms with E-state index in [9.17, 15) is 9.59 Å². The SMILES string of the molecule is CCOc1ccc2nc(N(CCCN3CCOCC3)C(=O)c3coc4ccccc4c3=O)sc2c1. The van der Waals surface area contributed by atoms with Gasteiger partial charge in [-0.25, -0.2) is 4.98 Å². The average Bonchev–Trinajstić information content (AvgIpc) is 3.30. The quantitative estimate of drug-likeness (QED) is 0.364. The molecule has 2 aromatic heterocycles. The highest BCUT2D eigenvalue weighted by Gasteiger charge is 2.25. The number of rotatable bonds is 8. The van der Waals surface area contributed by atoms with Gasteiger partial charge in [-0.15, -0.1) is 0 Å². The molecule has 1 aliphatic rings.